The van der Waals surface area contributed by atoms with Gasteiger partial charge in [-0.25, -0.2) is 5.43 Å². The standard InChI is InChI=1S/C19H28ClN3O3/c1-2-3-4-5-6-7-8-9-10-11-19(24)22-21-15-16-14-17(20)12-13-18(16)23(25)26/h12-15H,2-11H2,1H3,(H,22,24)/b21-15-. The summed E-state index contributed by atoms with van der Waals surface area (Å²) in [6, 6.07) is 4.20. The van der Waals surface area contributed by atoms with Crippen molar-refractivity contribution in [1.82, 2.24) is 5.43 Å². The fraction of sp³-hybridized carbons (Fsp3) is 0.579. The Labute approximate surface area is 160 Å². The van der Waals surface area contributed by atoms with Crippen molar-refractivity contribution in [3.05, 3.63) is 38.9 Å². The van der Waals surface area contributed by atoms with Gasteiger partial charge in [-0.2, -0.15) is 5.10 Å². The zero-order valence-electron chi connectivity index (χ0n) is 15.4. The lowest BCUT2D eigenvalue weighted by Gasteiger charge is -2.02. The van der Waals surface area contributed by atoms with Gasteiger partial charge >= 0.3 is 0 Å². The van der Waals surface area contributed by atoms with E-state index in [1.54, 1.807) is 0 Å². The monoisotopic (exact) mass is 381 g/mol. The predicted molar refractivity (Wildman–Crippen MR) is 106 cm³/mol. The fourth-order valence-corrected chi connectivity index (χ4v) is 2.80. The van der Waals surface area contributed by atoms with Gasteiger partial charge < -0.3 is 0 Å². The zero-order chi connectivity index (χ0) is 19.2. The van der Waals surface area contributed by atoms with Crippen LogP contribution >= 0.6 is 11.6 Å². The van der Waals surface area contributed by atoms with Crippen LogP contribution in [0.25, 0.3) is 0 Å². The largest absolute Gasteiger partial charge is 0.278 e. The first-order valence-electron chi connectivity index (χ1n) is 9.30. The molecular formula is C19H28ClN3O3. The Kier molecular flexibility index (Phi) is 11.3. The van der Waals surface area contributed by atoms with Gasteiger partial charge in [0.2, 0.25) is 5.91 Å². The molecule has 0 atom stereocenters. The highest BCUT2D eigenvalue weighted by molar-refractivity contribution is 6.31. The second-order valence-corrected chi connectivity index (χ2v) is 6.77. The van der Waals surface area contributed by atoms with Crippen molar-refractivity contribution in [3.8, 4) is 0 Å². The molecule has 0 spiro atoms. The Balaban J connectivity index is 2.21. The number of nitro benzene ring substituents is 1. The molecule has 0 radical (unpaired) electrons. The molecule has 1 rings (SSSR count). The lowest BCUT2D eigenvalue weighted by atomic mass is 10.1. The number of hydrogen-bond donors (Lipinski definition) is 1. The first-order valence-corrected chi connectivity index (χ1v) is 9.68. The molecule has 0 aliphatic heterocycles. The van der Waals surface area contributed by atoms with Crippen molar-refractivity contribution in [2.24, 2.45) is 5.10 Å². The van der Waals surface area contributed by atoms with Gasteiger partial charge in [0.1, 0.15) is 0 Å². The second kappa shape index (κ2) is 13.3. The van der Waals surface area contributed by atoms with Crippen molar-refractivity contribution in [2.75, 3.05) is 0 Å². The number of benzene rings is 1. The van der Waals surface area contributed by atoms with Crippen LogP contribution in [0.15, 0.2) is 23.3 Å². The van der Waals surface area contributed by atoms with Crippen LogP contribution in [0.4, 0.5) is 5.69 Å². The molecule has 1 aromatic rings. The SMILES string of the molecule is CCCCCCCCCCCC(=O)N/N=C\c1cc(Cl)ccc1[N+](=O)[O-]. The summed E-state index contributed by atoms with van der Waals surface area (Å²) >= 11 is 5.84. The van der Waals surface area contributed by atoms with Gasteiger partial charge in [-0.3, -0.25) is 14.9 Å². The van der Waals surface area contributed by atoms with Gasteiger partial charge in [0.25, 0.3) is 5.69 Å². The van der Waals surface area contributed by atoms with Crippen molar-refractivity contribution in [3.63, 3.8) is 0 Å². The predicted octanol–water partition coefficient (Wildman–Crippen LogP) is 5.62. The van der Waals surface area contributed by atoms with Crippen LogP contribution in [0.3, 0.4) is 0 Å². The van der Waals surface area contributed by atoms with E-state index in [1.165, 1.54) is 62.9 Å². The normalized spacial score (nSPS) is 11.0. The van der Waals surface area contributed by atoms with Crippen molar-refractivity contribution >= 4 is 29.4 Å². The average molecular weight is 382 g/mol. The summed E-state index contributed by atoms with van der Waals surface area (Å²) in [5.41, 5.74) is 2.56. The number of unbranched alkanes of at least 4 members (excludes halogenated alkanes) is 8. The number of carbonyl (C=O) groups excluding carboxylic acids is 1. The van der Waals surface area contributed by atoms with Crippen molar-refractivity contribution < 1.29 is 9.72 Å². The Hall–Kier alpha value is -1.95. The number of amides is 1. The van der Waals surface area contributed by atoms with E-state index in [-0.39, 0.29) is 17.2 Å². The molecule has 1 amide bonds. The maximum absolute atomic E-state index is 11.7. The van der Waals surface area contributed by atoms with Gasteiger partial charge in [-0.15, -0.1) is 0 Å². The third kappa shape index (κ3) is 9.51. The lowest BCUT2D eigenvalue weighted by Crippen LogP contribution is -2.17. The van der Waals surface area contributed by atoms with Gasteiger partial charge in [-0.1, -0.05) is 69.9 Å². The van der Waals surface area contributed by atoms with Gasteiger partial charge in [0.15, 0.2) is 0 Å². The van der Waals surface area contributed by atoms with Crippen molar-refractivity contribution in [2.45, 2.75) is 71.1 Å². The highest BCUT2D eigenvalue weighted by Crippen LogP contribution is 2.20. The lowest BCUT2D eigenvalue weighted by molar-refractivity contribution is -0.385. The maximum Gasteiger partial charge on any atom is 0.278 e. The first-order chi connectivity index (χ1) is 12.5. The minimum absolute atomic E-state index is 0.105. The van der Waals surface area contributed by atoms with E-state index in [0.717, 1.165) is 19.3 Å². The second-order valence-electron chi connectivity index (χ2n) is 6.33. The molecule has 0 bridgehead atoms. The van der Waals surface area contributed by atoms with Crippen LogP contribution < -0.4 is 5.43 Å². The molecule has 1 aromatic carbocycles. The average Bonchev–Trinajstić information content (AvgIpc) is 2.60. The zero-order valence-corrected chi connectivity index (χ0v) is 16.1. The van der Waals surface area contributed by atoms with E-state index < -0.39 is 4.92 Å². The Morgan fingerprint density at radius 1 is 1.15 bits per heavy atom. The number of hydrogen-bond acceptors (Lipinski definition) is 4. The molecule has 26 heavy (non-hydrogen) atoms. The van der Waals surface area contributed by atoms with Crippen LogP contribution in [-0.4, -0.2) is 17.0 Å². The molecule has 144 valence electrons. The van der Waals surface area contributed by atoms with Crippen LogP contribution in [0, 0.1) is 10.1 Å². The third-order valence-electron chi connectivity index (χ3n) is 4.09. The number of halogens is 1. The molecule has 0 aliphatic carbocycles. The number of rotatable bonds is 13. The Morgan fingerprint density at radius 2 is 1.77 bits per heavy atom. The van der Waals surface area contributed by atoms with Gasteiger partial charge in [0, 0.05) is 17.5 Å². The molecule has 0 unspecified atom stereocenters. The number of nitro groups is 1. The van der Waals surface area contributed by atoms with Crippen LogP contribution in [0.2, 0.25) is 5.02 Å². The Morgan fingerprint density at radius 3 is 2.38 bits per heavy atom. The van der Waals surface area contributed by atoms with Gasteiger partial charge in [0.05, 0.1) is 16.7 Å². The molecule has 7 heteroatoms. The van der Waals surface area contributed by atoms with Crippen LogP contribution in [-0.2, 0) is 4.79 Å². The number of nitrogens with zero attached hydrogens (tertiary/aromatic N) is 2. The molecule has 0 aliphatic rings. The minimum Gasteiger partial charge on any atom is -0.273 e. The van der Waals surface area contributed by atoms with E-state index >= 15 is 0 Å². The minimum atomic E-state index is -0.512. The van der Waals surface area contributed by atoms with E-state index in [4.69, 9.17) is 11.6 Å². The quantitative estimate of drug-likeness (QED) is 0.208. The summed E-state index contributed by atoms with van der Waals surface area (Å²) in [5.74, 6) is -0.186. The van der Waals surface area contributed by atoms with Crippen molar-refractivity contribution in [1.29, 1.82) is 0 Å². The molecular weight excluding hydrogens is 354 g/mol. The third-order valence-corrected chi connectivity index (χ3v) is 4.32. The van der Waals surface area contributed by atoms with E-state index in [1.807, 2.05) is 0 Å². The highest BCUT2D eigenvalue weighted by atomic mass is 35.5. The summed E-state index contributed by atoms with van der Waals surface area (Å²) in [4.78, 5) is 22.2. The van der Waals surface area contributed by atoms with E-state index in [2.05, 4.69) is 17.5 Å². The summed E-state index contributed by atoms with van der Waals surface area (Å²) in [6.07, 6.45) is 12.4. The summed E-state index contributed by atoms with van der Waals surface area (Å²) in [6.45, 7) is 2.21. The van der Waals surface area contributed by atoms with E-state index in [9.17, 15) is 14.9 Å². The molecule has 0 heterocycles. The molecule has 6 nitrogen and oxygen atoms in total. The topological polar surface area (TPSA) is 84.6 Å². The smallest absolute Gasteiger partial charge is 0.273 e. The molecule has 0 saturated heterocycles. The molecule has 0 aromatic heterocycles. The number of nitrogens with one attached hydrogen (secondary N) is 1. The molecule has 0 saturated carbocycles. The summed E-state index contributed by atoms with van der Waals surface area (Å²) < 4.78 is 0. The number of carbonyl (C=O) groups is 1. The van der Waals surface area contributed by atoms with Crippen LogP contribution in [0.1, 0.15) is 76.7 Å². The highest BCUT2D eigenvalue weighted by Gasteiger charge is 2.12. The van der Waals surface area contributed by atoms with E-state index in [0.29, 0.717) is 11.4 Å². The maximum atomic E-state index is 11.7. The van der Waals surface area contributed by atoms with Gasteiger partial charge in [-0.05, 0) is 18.6 Å². The fourth-order valence-electron chi connectivity index (χ4n) is 2.62. The summed E-state index contributed by atoms with van der Waals surface area (Å²) in [5, 5.41) is 15.1. The molecule has 0 fully saturated rings. The molecule has 1 N–H and O–H groups in total. The first kappa shape index (κ1) is 22.1. The van der Waals surface area contributed by atoms with Crippen LogP contribution in [0.5, 0.6) is 0 Å². The Bertz CT molecular complexity index is 606. The summed E-state index contributed by atoms with van der Waals surface area (Å²) in [7, 11) is 0. The number of hydrazone groups is 1.